The number of hydrogen-bond donors (Lipinski definition) is 1. The molecule has 1 atom stereocenters. The zero-order valence-electron chi connectivity index (χ0n) is 11.1. The predicted octanol–water partition coefficient (Wildman–Crippen LogP) is 2.00. The number of carbonyl (C=O) groups is 1. The topological polar surface area (TPSA) is 80.5 Å². The fourth-order valence-corrected chi connectivity index (χ4v) is 4.14. The summed E-state index contributed by atoms with van der Waals surface area (Å²) in [6.45, 7) is 2.14. The predicted molar refractivity (Wildman–Crippen MR) is 75.2 cm³/mol. The second kappa shape index (κ2) is 5.62. The maximum absolute atomic E-state index is 14.3. The summed E-state index contributed by atoms with van der Waals surface area (Å²) in [6, 6.07) is 0.578. The number of rotatable bonds is 2. The van der Waals surface area contributed by atoms with E-state index in [4.69, 9.17) is 5.14 Å². The van der Waals surface area contributed by atoms with Crippen LogP contribution in [0.5, 0.6) is 0 Å². The van der Waals surface area contributed by atoms with E-state index in [2.05, 4.69) is 15.9 Å². The molecule has 1 aliphatic heterocycles. The number of nitrogens with zero attached hydrogens (tertiary/aromatic N) is 1. The minimum Gasteiger partial charge on any atom is -0.336 e. The number of primary sulfonamides is 1. The Bertz CT molecular complexity index is 709. The monoisotopic (exact) mass is 382 g/mol. The Morgan fingerprint density at radius 3 is 2.57 bits per heavy atom. The van der Waals surface area contributed by atoms with Crippen LogP contribution in [-0.4, -0.2) is 31.8 Å². The van der Waals surface area contributed by atoms with Crippen LogP contribution in [0.2, 0.25) is 0 Å². The minimum absolute atomic E-state index is 0.155. The molecular formula is C12H13BrF2N2O3S. The van der Waals surface area contributed by atoms with Crippen LogP contribution < -0.4 is 5.14 Å². The first-order chi connectivity index (χ1) is 9.64. The van der Waals surface area contributed by atoms with Gasteiger partial charge >= 0.3 is 0 Å². The molecule has 1 aromatic carbocycles. The number of benzene rings is 1. The maximum Gasteiger partial charge on any atom is 0.260 e. The normalized spacial score (nSPS) is 19.1. The molecule has 21 heavy (non-hydrogen) atoms. The molecule has 9 heteroatoms. The number of sulfonamides is 1. The quantitative estimate of drug-likeness (QED) is 0.849. The van der Waals surface area contributed by atoms with Crippen molar-refractivity contribution in [1.82, 2.24) is 4.90 Å². The summed E-state index contributed by atoms with van der Waals surface area (Å²) in [5.74, 6) is -3.46. The molecule has 2 N–H and O–H groups in total. The van der Waals surface area contributed by atoms with Gasteiger partial charge in [0, 0.05) is 17.1 Å². The highest BCUT2D eigenvalue weighted by atomic mass is 79.9. The summed E-state index contributed by atoms with van der Waals surface area (Å²) in [6.07, 6.45) is 1.46. The van der Waals surface area contributed by atoms with E-state index in [0.717, 1.165) is 18.9 Å². The largest absolute Gasteiger partial charge is 0.336 e. The van der Waals surface area contributed by atoms with Gasteiger partial charge in [0.15, 0.2) is 5.82 Å². The van der Waals surface area contributed by atoms with E-state index in [1.165, 1.54) is 4.90 Å². The SMILES string of the molecule is CC1CCCN1C(=O)c1c(F)cc(Br)c(S(N)(=O)=O)c1F. The lowest BCUT2D eigenvalue weighted by Gasteiger charge is -2.22. The Morgan fingerprint density at radius 1 is 1.48 bits per heavy atom. The molecule has 116 valence electrons. The number of carbonyl (C=O) groups excluding carboxylic acids is 1. The van der Waals surface area contributed by atoms with Crippen molar-refractivity contribution in [2.45, 2.75) is 30.7 Å². The van der Waals surface area contributed by atoms with Crippen molar-refractivity contribution >= 4 is 31.9 Å². The van der Waals surface area contributed by atoms with Crippen molar-refractivity contribution in [3.8, 4) is 0 Å². The van der Waals surface area contributed by atoms with Gasteiger partial charge in [0.2, 0.25) is 10.0 Å². The summed E-state index contributed by atoms with van der Waals surface area (Å²) in [5.41, 5.74) is -0.893. The van der Waals surface area contributed by atoms with Crippen LogP contribution in [0.3, 0.4) is 0 Å². The van der Waals surface area contributed by atoms with Gasteiger partial charge in [0.1, 0.15) is 16.3 Å². The van der Waals surface area contributed by atoms with Crippen LogP contribution in [0.1, 0.15) is 30.1 Å². The molecule has 1 aromatic rings. The van der Waals surface area contributed by atoms with Crippen LogP contribution in [0.4, 0.5) is 8.78 Å². The van der Waals surface area contributed by atoms with E-state index in [1.54, 1.807) is 6.92 Å². The number of nitrogens with two attached hydrogens (primary N) is 1. The fourth-order valence-electron chi connectivity index (χ4n) is 2.41. The lowest BCUT2D eigenvalue weighted by Crippen LogP contribution is -2.35. The molecule has 0 radical (unpaired) electrons. The lowest BCUT2D eigenvalue weighted by atomic mass is 10.1. The first-order valence-corrected chi connectivity index (χ1v) is 8.49. The van der Waals surface area contributed by atoms with E-state index in [-0.39, 0.29) is 10.5 Å². The van der Waals surface area contributed by atoms with Crippen LogP contribution in [0.25, 0.3) is 0 Å². The summed E-state index contributed by atoms with van der Waals surface area (Å²) in [4.78, 5) is 12.7. The van der Waals surface area contributed by atoms with Gasteiger partial charge in [-0.1, -0.05) is 0 Å². The summed E-state index contributed by atoms with van der Waals surface area (Å²) < 4.78 is 50.8. The standard InChI is InChI=1S/C12H13BrF2N2O3S/c1-6-3-2-4-17(6)12(18)9-8(14)5-7(13)11(10(9)15)21(16,19)20/h5-6H,2-4H2,1H3,(H2,16,19,20). The number of likely N-dealkylation sites (tertiary alicyclic amines) is 1. The fraction of sp³-hybridized carbons (Fsp3) is 0.417. The number of amides is 1. The summed E-state index contributed by atoms with van der Waals surface area (Å²) in [7, 11) is -4.43. The van der Waals surface area contributed by atoms with E-state index >= 15 is 0 Å². The second-order valence-electron chi connectivity index (χ2n) is 4.89. The van der Waals surface area contributed by atoms with E-state index in [9.17, 15) is 22.0 Å². The Labute approximate surface area is 129 Å². The third-order valence-corrected chi connectivity index (χ3v) is 5.30. The van der Waals surface area contributed by atoms with Crippen molar-refractivity contribution in [3.05, 3.63) is 27.7 Å². The Balaban J connectivity index is 2.62. The first-order valence-electron chi connectivity index (χ1n) is 6.16. The molecule has 0 spiro atoms. The van der Waals surface area contributed by atoms with Crippen LogP contribution in [0.15, 0.2) is 15.4 Å². The van der Waals surface area contributed by atoms with Gasteiger partial charge in [0.05, 0.1) is 0 Å². The lowest BCUT2D eigenvalue weighted by molar-refractivity contribution is 0.0737. The molecule has 2 rings (SSSR count). The molecule has 1 fully saturated rings. The molecule has 0 saturated carbocycles. The van der Waals surface area contributed by atoms with Crippen molar-refractivity contribution < 1.29 is 22.0 Å². The van der Waals surface area contributed by atoms with E-state index < -0.39 is 38.0 Å². The zero-order valence-corrected chi connectivity index (χ0v) is 13.5. The summed E-state index contributed by atoms with van der Waals surface area (Å²) >= 11 is 2.75. The van der Waals surface area contributed by atoms with Gasteiger partial charge in [0.25, 0.3) is 5.91 Å². The van der Waals surface area contributed by atoms with Gasteiger partial charge in [-0.05, 0) is 41.8 Å². The Hall–Kier alpha value is -1.06. The molecule has 1 heterocycles. The van der Waals surface area contributed by atoms with Crippen molar-refractivity contribution in [3.63, 3.8) is 0 Å². The highest BCUT2D eigenvalue weighted by Gasteiger charge is 2.33. The Kier molecular flexibility index (Phi) is 4.36. The highest BCUT2D eigenvalue weighted by Crippen LogP contribution is 2.30. The van der Waals surface area contributed by atoms with Crippen LogP contribution in [0, 0.1) is 11.6 Å². The maximum atomic E-state index is 14.3. The van der Waals surface area contributed by atoms with Crippen molar-refractivity contribution in [1.29, 1.82) is 0 Å². The van der Waals surface area contributed by atoms with Crippen molar-refractivity contribution in [2.24, 2.45) is 5.14 Å². The average Bonchev–Trinajstić information content (AvgIpc) is 2.72. The third-order valence-electron chi connectivity index (χ3n) is 3.44. The van der Waals surface area contributed by atoms with Crippen LogP contribution >= 0.6 is 15.9 Å². The molecule has 1 saturated heterocycles. The number of hydrogen-bond acceptors (Lipinski definition) is 3. The Morgan fingerprint density at radius 2 is 2.10 bits per heavy atom. The molecule has 1 aliphatic rings. The molecule has 5 nitrogen and oxygen atoms in total. The van der Waals surface area contributed by atoms with Gasteiger partial charge in [-0.25, -0.2) is 22.3 Å². The average molecular weight is 383 g/mol. The number of halogens is 3. The molecule has 0 aromatic heterocycles. The smallest absolute Gasteiger partial charge is 0.260 e. The third kappa shape index (κ3) is 2.95. The molecule has 1 amide bonds. The van der Waals surface area contributed by atoms with E-state index in [0.29, 0.717) is 6.54 Å². The molecule has 0 bridgehead atoms. The molecule has 0 aliphatic carbocycles. The van der Waals surface area contributed by atoms with Crippen molar-refractivity contribution in [2.75, 3.05) is 6.54 Å². The highest BCUT2D eigenvalue weighted by molar-refractivity contribution is 9.10. The van der Waals surface area contributed by atoms with Gasteiger partial charge < -0.3 is 4.90 Å². The second-order valence-corrected chi connectivity index (χ2v) is 7.25. The van der Waals surface area contributed by atoms with Gasteiger partial charge in [-0.2, -0.15) is 0 Å². The van der Waals surface area contributed by atoms with Crippen LogP contribution in [-0.2, 0) is 10.0 Å². The molecule has 1 unspecified atom stereocenters. The summed E-state index contributed by atoms with van der Waals surface area (Å²) in [5, 5.41) is 4.91. The minimum atomic E-state index is -4.43. The molecular weight excluding hydrogens is 370 g/mol. The van der Waals surface area contributed by atoms with Gasteiger partial charge in [-0.3, -0.25) is 4.79 Å². The van der Waals surface area contributed by atoms with Gasteiger partial charge in [-0.15, -0.1) is 0 Å². The zero-order chi connectivity index (χ0) is 15.9. The first kappa shape index (κ1) is 16.3. The van der Waals surface area contributed by atoms with E-state index in [1.807, 2.05) is 0 Å².